The maximum atomic E-state index is 12.8. The molecule has 3 nitrogen and oxygen atoms in total. The van der Waals surface area contributed by atoms with Crippen LogP contribution < -0.4 is 10.6 Å². The number of nitrogens with one attached hydrogen (secondary N) is 2. The molecule has 1 aliphatic heterocycles. The van der Waals surface area contributed by atoms with Gasteiger partial charge in [-0.2, -0.15) is 0 Å². The van der Waals surface area contributed by atoms with Crippen molar-refractivity contribution >= 4 is 5.91 Å². The topological polar surface area (TPSA) is 41.1 Å². The molecule has 118 valence electrons. The highest BCUT2D eigenvalue weighted by Gasteiger charge is 2.49. The molecular weight excluding hydrogens is 260 g/mol. The van der Waals surface area contributed by atoms with Crippen molar-refractivity contribution in [3.05, 3.63) is 0 Å². The van der Waals surface area contributed by atoms with Gasteiger partial charge in [-0.25, -0.2) is 0 Å². The molecule has 1 unspecified atom stereocenters. The lowest BCUT2D eigenvalue weighted by molar-refractivity contribution is -0.130. The van der Waals surface area contributed by atoms with Gasteiger partial charge in [-0.05, 0) is 80.6 Å². The zero-order valence-electron chi connectivity index (χ0n) is 13.5. The summed E-state index contributed by atoms with van der Waals surface area (Å²) in [6.07, 6.45) is 9.32. The smallest absolute Gasteiger partial charge is 0.237 e. The lowest BCUT2D eigenvalue weighted by atomic mass is 9.54. The van der Waals surface area contributed by atoms with Gasteiger partial charge in [0.25, 0.3) is 0 Å². The fourth-order valence-corrected chi connectivity index (χ4v) is 6.07. The first-order valence-corrected chi connectivity index (χ1v) is 9.07. The molecule has 21 heavy (non-hydrogen) atoms. The van der Waals surface area contributed by atoms with Gasteiger partial charge in [-0.1, -0.05) is 13.8 Å². The van der Waals surface area contributed by atoms with E-state index in [-0.39, 0.29) is 17.4 Å². The van der Waals surface area contributed by atoms with E-state index in [0.717, 1.165) is 36.6 Å². The number of hydrogen-bond acceptors (Lipinski definition) is 2. The summed E-state index contributed by atoms with van der Waals surface area (Å²) in [6.45, 7) is 5.46. The van der Waals surface area contributed by atoms with E-state index in [9.17, 15) is 4.79 Å². The first-order valence-electron chi connectivity index (χ1n) is 9.07. The molecule has 1 heterocycles. The zero-order chi connectivity index (χ0) is 14.6. The van der Waals surface area contributed by atoms with Gasteiger partial charge in [-0.15, -0.1) is 0 Å². The molecular formula is C18H30N2O. The molecule has 0 aromatic heterocycles. The SMILES string of the molecule is CC1(C)CCCNC1C(=O)NC1C2CC3CC(C2)CC1C3. The van der Waals surface area contributed by atoms with Crippen LogP contribution in [-0.2, 0) is 4.79 Å². The molecule has 0 aromatic carbocycles. The Labute approximate surface area is 128 Å². The predicted molar refractivity (Wildman–Crippen MR) is 83.8 cm³/mol. The highest BCUT2D eigenvalue weighted by Crippen LogP contribution is 2.53. The Morgan fingerprint density at radius 2 is 1.67 bits per heavy atom. The average molecular weight is 290 g/mol. The van der Waals surface area contributed by atoms with Gasteiger partial charge in [0.05, 0.1) is 6.04 Å². The maximum Gasteiger partial charge on any atom is 0.237 e. The molecule has 3 heteroatoms. The Balaban J connectivity index is 1.45. The van der Waals surface area contributed by atoms with E-state index in [1.807, 2.05) is 0 Å². The Morgan fingerprint density at radius 1 is 1.05 bits per heavy atom. The number of carbonyl (C=O) groups is 1. The molecule has 4 aliphatic carbocycles. The summed E-state index contributed by atoms with van der Waals surface area (Å²) in [5, 5.41) is 6.96. The summed E-state index contributed by atoms with van der Waals surface area (Å²) in [5.41, 5.74) is 0.0915. The third kappa shape index (κ3) is 2.42. The number of amides is 1. The first kappa shape index (κ1) is 14.0. The molecule has 4 saturated carbocycles. The summed E-state index contributed by atoms with van der Waals surface area (Å²) < 4.78 is 0. The van der Waals surface area contributed by atoms with E-state index < -0.39 is 0 Å². The van der Waals surface area contributed by atoms with Crippen LogP contribution in [0.2, 0.25) is 0 Å². The summed E-state index contributed by atoms with van der Waals surface area (Å²) in [7, 11) is 0. The minimum absolute atomic E-state index is 0.00318. The lowest BCUT2D eigenvalue weighted by Crippen LogP contribution is -2.62. The van der Waals surface area contributed by atoms with Crippen LogP contribution in [0.1, 0.15) is 58.8 Å². The van der Waals surface area contributed by atoms with E-state index in [1.165, 1.54) is 38.5 Å². The highest BCUT2D eigenvalue weighted by molar-refractivity contribution is 5.83. The van der Waals surface area contributed by atoms with Crippen molar-refractivity contribution in [2.45, 2.75) is 70.9 Å². The number of rotatable bonds is 2. The molecule has 5 rings (SSSR count). The third-order valence-corrected chi connectivity index (χ3v) is 6.93. The molecule has 1 atom stereocenters. The fraction of sp³-hybridized carbons (Fsp3) is 0.944. The van der Waals surface area contributed by atoms with Crippen molar-refractivity contribution in [1.29, 1.82) is 0 Å². The van der Waals surface area contributed by atoms with Crippen LogP contribution in [-0.4, -0.2) is 24.5 Å². The van der Waals surface area contributed by atoms with Gasteiger partial charge in [-0.3, -0.25) is 4.79 Å². The average Bonchev–Trinajstić information content (AvgIpc) is 2.41. The third-order valence-electron chi connectivity index (χ3n) is 6.93. The van der Waals surface area contributed by atoms with Crippen LogP contribution in [0.4, 0.5) is 0 Å². The predicted octanol–water partition coefficient (Wildman–Crippen LogP) is 2.71. The fourth-order valence-electron chi connectivity index (χ4n) is 6.07. The molecule has 0 aromatic rings. The number of hydrogen-bond donors (Lipinski definition) is 2. The van der Waals surface area contributed by atoms with Crippen LogP contribution >= 0.6 is 0 Å². The van der Waals surface area contributed by atoms with Crippen molar-refractivity contribution in [1.82, 2.24) is 10.6 Å². The second-order valence-corrected chi connectivity index (χ2v) is 8.94. The normalized spacial score (nSPS) is 47.3. The van der Waals surface area contributed by atoms with Crippen LogP contribution in [0.25, 0.3) is 0 Å². The van der Waals surface area contributed by atoms with Crippen LogP contribution in [0, 0.1) is 29.1 Å². The Kier molecular flexibility index (Phi) is 3.33. The van der Waals surface area contributed by atoms with E-state index >= 15 is 0 Å². The Morgan fingerprint density at radius 3 is 2.24 bits per heavy atom. The van der Waals surface area contributed by atoms with Crippen molar-refractivity contribution < 1.29 is 4.79 Å². The highest BCUT2D eigenvalue weighted by atomic mass is 16.2. The van der Waals surface area contributed by atoms with E-state index in [1.54, 1.807) is 0 Å². The summed E-state index contributed by atoms with van der Waals surface area (Å²) in [4.78, 5) is 12.8. The number of carbonyl (C=O) groups excluding carboxylic acids is 1. The molecule has 2 N–H and O–H groups in total. The summed E-state index contributed by atoms with van der Waals surface area (Å²) in [6, 6.07) is 0.480. The van der Waals surface area contributed by atoms with E-state index in [0.29, 0.717) is 6.04 Å². The van der Waals surface area contributed by atoms with Gasteiger partial charge in [0, 0.05) is 6.04 Å². The molecule has 0 spiro atoms. The van der Waals surface area contributed by atoms with Gasteiger partial charge in [0.2, 0.25) is 5.91 Å². The minimum Gasteiger partial charge on any atom is -0.351 e. The van der Waals surface area contributed by atoms with E-state index in [2.05, 4.69) is 24.5 Å². The van der Waals surface area contributed by atoms with Crippen LogP contribution in [0.15, 0.2) is 0 Å². The monoisotopic (exact) mass is 290 g/mol. The minimum atomic E-state index is 0.00318. The van der Waals surface area contributed by atoms with Crippen molar-refractivity contribution in [3.63, 3.8) is 0 Å². The zero-order valence-corrected chi connectivity index (χ0v) is 13.5. The number of piperidine rings is 1. The second kappa shape index (κ2) is 4.97. The second-order valence-electron chi connectivity index (χ2n) is 8.94. The van der Waals surface area contributed by atoms with Crippen molar-refractivity contribution in [3.8, 4) is 0 Å². The quantitative estimate of drug-likeness (QED) is 0.821. The van der Waals surface area contributed by atoms with Crippen LogP contribution in [0.5, 0.6) is 0 Å². The largest absolute Gasteiger partial charge is 0.351 e. The summed E-state index contributed by atoms with van der Waals surface area (Å²) in [5.74, 6) is 3.78. The first-order chi connectivity index (χ1) is 10.0. The Hall–Kier alpha value is -0.570. The Bertz CT molecular complexity index is 403. The molecule has 5 aliphatic rings. The van der Waals surface area contributed by atoms with E-state index in [4.69, 9.17) is 0 Å². The van der Waals surface area contributed by atoms with Crippen LogP contribution in [0.3, 0.4) is 0 Å². The van der Waals surface area contributed by atoms with Gasteiger partial charge in [0.1, 0.15) is 0 Å². The maximum absolute atomic E-state index is 12.8. The van der Waals surface area contributed by atoms with Gasteiger partial charge in [0.15, 0.2) is 0 Å². The molecule has 1 saturated heterocycles. The molecule has 4 bridgehead atoms. The van der Waals surface area contributed by atoms with Gasteiger partial charge < -0.3 is 10.6 Å². The standard InChI is InChI=1S/C18H30N2O/c1-18(2)4-3-5-19-16(18)17(21)20-15-13-7-11-6-12(9-13)10-14(15)8-11/h11-16,19H,3-10H2,1-2H3,(H,20,21). The summed E-state index contributed by atoms with van der Waals surface area (Å²) >= 11 is 0. The molecule has 5 fully saturated rings. The molecule has 0 radical (unpaired) electrons. The molecule has 1 amide bonds. The van der Waals surface area contributed by atoms with Crippen molar-refractivity contribution in [2.75, 3.05) is 6.54 Å². The van der Waals surface area contributed by atoms with Gasteiger partial charge >= 0.3 is 0 Å². The lowest BCUT2D eigenvalue weighted by Gasteiger charge is -2.54. The van der Waals surface area contributed by atoms with Crippen molar-refractivity contribution in [2.24, 2.45) is 29.1 Å².